The summed E-state index contributed by atoms with van der Waals surface area (Å²) in [5.74, 6) is 0.795. The molecule has 1 fully saturated rings. The number of rotatable bonds is 11. The predicted molar refractivity (Wildman–Crippen MR) is 171 cm³/mol. The maximum atomic E-state index is 15.4. The summed E-state index contributed by atoms with van der Waals surface area (Å²) in [5.41, 5.74) is 4.81. The molecular formula is C39H47F3. The quantitative estimate of drug-likeness (QED) is 0.200. The molecule has 0 amide bonds. The van der Waals surface area contributed by atoms with Gasteiger partial charge in [0.1, 0.15) is 5.82 Å². The Morgan fingerprint density at radius 1 is 0.643 bits per heavy atom. The topological polar surface area (TPSA) is 0 Å². The molecule has 5 rings (SSSR count). The van der Waals surface area contributed by atoms with Gasteiger partial charge >= 0.3 is 0 Å². The summed E-state index contributed by atoms with van der Waals surface area (Å²) in [6, 6.07) is 16.2. The Bertz CT molecular complexity index is 1340. The molecular weight excluding hydrogens is 525 g/mol. The van der Waals surface area contributed by atoms with Gasteiger partial charge in [0, 0.05) is 11.1 Å². The summed E-state index contributed by atoms with van der Waals surface area (Å²) in [6.45, 7) is 4.43. The number of unbranched alkanes of at least 4 members (excludes halogenated alkanes) is 3. The van der Waals surface area contributed by atoms with Gasteiger partial charge in [0.25, 0.3) is 0 Å². The van der Waals surface area contributed by atoms with E-state index in [0.717, 1.165) is 79.4 Å². The van der Waals surface area contributed by atoms with Crippen molar-refractivity contribution in [3.63, 3.8) is 0 Å². The van der Waals surface area contributed by atoms with E-state index in [1.54, 1.807) is 30.3 Å². The van der Waals surface area contributed by atoms with Gasteiger partial charge in [-0.15, -0.1) is 0 Å². The average molecular weight is 573 g/mol. The molecule has 0 bridgehead atoms. The Hall–Kier alpha value is -2.81. The van der Waals surface area contributed by atoms with Crippen LogP contribution in [0.1, 0.15) is 108 Å². The van der Waals surface area contributed by atoms with Gasteiger partial charge in [-0.1, -0.05) is 113 Å². The van der Waals surface area contributed by atoms with Gasteiger partial charge in [0.05, 0.1) is 0 Å². The summed E-state index contributed by atoms with van der Waals surface area (Å²) in [6.07, 6.45) is 18.3. The highest BCUT2D eigenvalue weighted by atomic mass is 19.2. The van der Waals surface area contributed by atoms with Crippen LogP contribution in [0.15, 0.2) is 60.7 Å². The Morgan fingerprint density at radius 3 is 2.02 bits per heavy atom. The van der Waals surface area contributed by atoms with Gasteiger partial charge in [-0.2, -0.15) is 0 Å². The van der Waals surface area contributed by atoms with Gasteiger partial charge in [0.2, 0.25) is 0 Å². The SMILES string of the molecule is CCCCCCc1ccc(-c2ccc(-c3ccc(C4=CCC(C5CCC(CCC)CC5)CC4)c(F)c3)cc2)c(F)c1F. The molecule has 0 nitrogen and oxygen atoms in total. The van der Waals surface area contributed by atoms with Crippen molar-refractivity contribution in [3.8, 4) is 22.3 Å². The molecule has 0 spiro atoms. The first kappa shape index (κ1) is 30.6. The number of aryl methyl sites for hydroxylation is 1. The average Bonchev–Trinajstić information content (AvgIpc) is 3.02. The van der Waals surface area contributed by atoms with Crippen LogP contribution in [0.2, 0.25) is 0 Å². The highest BCUT2D eigenvalue weighted by Crippen LogP contribution is 2.42. The Balaban J connectivity index is 1.22. The highest BCUT2D eigenvalue weighted by Gasteiger charge is 2.29. The van der Waals surface area contributed by atoms with Gasteiger partial charge < -0.3 is 0 Å². The van der Waals surface area contributed by atoms with Crippen molar-refractivity contribution in [2.75, 3.05) is 0 Å². The van der Waals surface area contributed by atoms with Crippen molar-refractivity contribution in [2.45, 2.75) is 104 Å². The van der Waals surface area contributed by atoms with Gasteiger partial charge in [-0.25, -0.2) is 13.2 Å². The normalized spacial score (nSPS) is 20.9. The molecule has 0 N–H and O–H groups in total. The number of hydrogen-bond donors (Lipinski definition) is 0. The lowest BCUT2D eigenvalue weighted by molar-refractivity contribution is 0.189. The predicted octanol–water partition coefficient (Wildman–Crippen LogP) is 12.4. The minimum Gasteiger partial charge on any atom is -0.206 e. The van der Waals surface area contributed by atoms with Crippen LogP contribution in [0.4, 0.5) is 13.2 Å². The summed E-state index contributed by atoms with van der Waals surface area (Å²) >= 11 is 0. The molecule has 0 aliphatic heterocycles. The largest absolute Gasteiger partial charge is 0.206 e. The molecule has 3 aromatic rings. The van der Waals surface area contributed by atoms with Crippen LogP contribution in [-0.2, 0) is 6.42 Å². The lowest BCUT2D eigenvalue weighted by Crippen LogP contribution is -2.23. The molecule has 2 aliphatic carbocycles. The fraction of sp³-hybridized carbons (Fsp3) is 0.487. The monoisotopic (exact) mass is 572 g/mol. The van der Waals surface area contributed by atoms with Crippen LogP contribution >= 0.6 is 0 Å². The summed E-state index contributed by atoms with van der Waals surface area (Å²) < 4.78 is 45.1. The molecule has 3 aromatic carbocycles. The van der Waals surface area contributed by atoms with E-state index in [4.69, 9.17) is 0 Å². The van der Waals surface area contributed by atoms with E-state index in [1.165, 1.54) is 38.5 Å². The van der Waals surface area contributed by atoms with Crippen LogP contribution in [0, 0.1) is 35.2 Å². The van der Waals surface area contributed by atoms with E-state index in [1.807, 2.05) is 24.3 Å². The second kappa shape index (κ2) is 14.6. The van der Waals surface area contributed by atoms with Crippen molar-refractivity contribution >= 4 is 5.57 Å². The number of halogens is 3. The highest BCUT2D eigenvalue weighted by molar-refractivity contribution is 5.74. The zero-order valence-corrected chi connectivity index (χ0v) is 25.5. The zero-order valence-electron chi connectivity index (χ0n) is 25.5. The van der Waals surface area contributed by atoms with Crippen LogP contribution in [0.3, 0.4) is 0 Å². The molecule has 0 aromatic heterocycles. The molecule has 0 radical (unpaired) electrons. The van der Waals surface area contributed by atoms with E-state index in [-0.39, 0.29) is 11.4 Å². The number of allylic oxidation sites excluding steroid dienone is 2. The third-order valence-corrected chi connectivity index (χ3v) is 10.0. The summed E-state index contributed by atoms with van der Waals surface area (Å²) in [7, 11) is 0. The van der Waals surface area contributed by atoms with E-state index < -0.39 is 11.6 Å². The molecule has 3 heteroatoms. The van der Waals surface area contributed by atoms with E-state index in [2.05, 4.69) is 19.9 Å². The van der Waals surface area contributed by atoms with Crippen molar-refractivity contribution in [3.05, 3.63) is 89.3 Å². The molecule has 1 atom stereocenters. The Morgan fingerprint density at radius 2 is 1.36 bits per heavy atom. The lowest BCUT2D eigenvalue weighted by atomic mass is 9.70. The minimum absolute atomic E-state index is 0.191. The van der Waals surface area contributed by atoms with Gasteiger partial charge in [-0.3, -0.25) is 0 Å². The van der Waals surface area contributed by atoms with Crippen LogP contribution in [0.5, 0.6) is 0 Å². The molecule has 0 saturated heterocycles. The molecule has 42 heavy (non-hydrogen) atoms. The van der Waals surface area contributed by atoms with Gasteiger partial charge in [-0.05, 0) is 96.6 Å². The first-order valence-electron chi connectivity index (χ1n) is 16.5. The Labute approximate surface area is 251 Å². The third-order valence-electron chi connectivity index (χ3n) is 10.0. The van der Waals surface area contributed by atoms with Crippen molar-refractivity contribution in [1.82, 2.24) is 0 Å². The zero-order chi connectivity index (χ0) is 29.5. The van der Waals surface area contributed by atoms with Crippen LogP contribution in [0.25, 0.3) is 27.8 Å². The fourth-order valence-electron chi connectivity index (χ4n) is 7.43. The maximum Gasteiger partial charge on any atom is 0.166 e. The maximum absolute atomic E-state index is 15.4. The first-order chi connectivity index (χ1) is 20.5. The fourth-order valence-corrected chi connectivity index (χ4v) is 7.43. The molecule has 2 aliphatic rings. The smallest absolute Gasteiger partial charge is 0.166 e. The number of hydrogen-bond acceptors (Lipinski definition) is 0. The molecule has 224 valence electrons. The molecule has 0 heterocycles. The summed E-state index contributed by atoms with van der Waals surface area (Å²) in [5, 5.41) is 0. The van der Waals surface area contributed by atoms with Crippen molar-refractivity contribution in [2.24, 2.45) is 17.8 Å². The van der Waals surface area contributed by atoms with E-state index in [9.17, 15) is 8.78 Å². The second-order valence-corrected chi connectivity index (χ2v) is 12.8. The first-order valence-corrected chi connectivity index (χ1v) is 16.5. The summed E-state index contributed by atoms with van der Waals surface area (Å²) in [4.78, 5) is 0. The third kappa shape index (κ3) is 7.21. The second-order valence-electron chi connectivity index (χ2n) is 12.8. The van der Waals surface area contributed by atoms with Gasteiger partial charge in [0.15, 0.2) is 11.6 Å². The standard InChI is InChI=1S/C39H47F3/c1-3-5-6-7-9-33-22-25-36(39(42)38(33)41)32-20-16-30(17-21-32)34-23-24-35(37(40)26-34)31-18-14-29(15-19-31)28-12-10-27(8-4-2)11-13-28/h16-18,20-29H,3-15,19H2,1-2H3. The molecule has 1 saturated carbocycles. The number of benzene rings is 3. The van der Waals surface area contributed by atoms with Crippen LogP contribution in [-0.4, -0.2) is 0 Å². The minimum atomic E-state index is -0.793. The van der Waals surface area contributed by atoms with E-state index in [0.29, 0.717) is 23.1 Å². The Kier molecular flexibility index (Phi) is 10.6. The van der Waals surface area contributed by atoms with E-state index >= 15 is 4.39 Å². The lowest BCUT2D eigenvalue weighted by Gasteiger charge is -2.35. The molecule has 1 unspecified atom stereocenters. The van der Waals surface area contributed by atoms with Crippen molar-refractivity contribution in [1.29, 1.82) is 0 Å². The van der Waals surface area contributed by atoms with Crippen LogP contribution < -0.4 is 0 Å². The van der Waals surface area contributed by atoms with Crippen molar-refractivity contribution < 1.29 is 13.2 Å².